The van der Waals surface area contributed by atoms with Crippen LogP contribution in [0.25, 0.3) is 0 Å². The van der Waals surface area contributed by atoms with Gasteiger partial charge in [-0.25, -0.2) is 0 Å². The lowest BCUT2D eigenvalue weighted by Crippen LogP contribution is -2.28. The van der Waals surface area contributed by atoms with Crippen LogP contribution in [-0.2, 0) is 0 Å². The number of hydrogen-bond donors (Lipinski definition) is 0. The van der Waals surface area contributed by atoms with Gasteiger partial charge in [-0.3, -0.25) is 14.9 Å². The summed E-state index contributed by atoms with van der Waals surface area (Å²) in [6, 6.07) is 44.1. The average Bonchev–Trinajstić information content (AvgIpc) is 3.00. The normalized spacial score (nSPS) is 10.7. The molecule has 0 heterocycles. The van der Waals surface area contributed by atoms with Gasteiger partial charge in [-0.15, -0.1) is 0 Å². The van der Waals surface area contributed by atoms with Crippen molar-refractivity contribution in [2.24, 2.45) is 0 Å². The number of nitro benzene ring substituents is 1. The first kappa shape index (κ1) is 25.7. The highest BCUT2D eigenvalue weighted by atomic mass is 31.2. The first-order chi connectivity index (χ1) is 19.1. The van der Waals surface area contributed by atoms with Crippen LogP contribution in [0, 0.1) is 22.0 Å². The van der Waals surface area contributed by atoms with Crippen LogP contribution < -0.4 is 15.9 Å². The summed E-state index contributed by atoms with van der Waals surface area (Å²) in [7, 11) is 0. The van der Waals surface area contributed by atoms with Crippen LogP contribution in [0.1, 0.15) is 21.5 Å². The summed E-state index contributed by atoms with van der Waals surface area (Å²) in [5, 5.41) is 14.2. The zero-order chi connectivity index (χ0) is 27.1. The highest BCUT2D eigenvalue weighted by molar-refractivity contribution is 7.95. The minimum Gasteiger partial charge on any atom is -0.289 e. The van der Waals surface area contributed by atoms with E-state index in [-0.39, 0.29) is 11.5 Å². The van der Waals surface area contributed by atoms with Crippen molar-refractivity contribution in [3.8, 4) is 11.8 Å². The number of carbonyl (C=O) groups excluding carboxylic acids is 1. The number of non-ortho nitro benzene ring substituents is 1. The molecular formula is C34H24NO3P. The van der Waals surface area contributed by atoms with Crippen molar-refractivity contribution in [3.63, 3.8) is 0 Å². The Balaban J connectivity index is 1.55. The maximum Gasteiger partial charge on any atom is 0.269 e. The number of nitro groups is 1. The second-order valence-corrected chi connectivity index (χ2v) is 12.1. The fraction of sp³-hybridized carbons (Fsp3) is 0. The van der Waals surface area contributed by atoms with Gasteiger partial charge in [0.25, 0.3) is 5.69 Å². The van der Waals surface area contributed by atoms with Crippen molar-refractivity contribution in [2.45, 2.75) is 0 Å². The molecule has 188 valence electrons. The van der Waals surface area contributed by atoms with E-state index in [4.69, 9.17) is 0 Å². The van der Waals surface area contributed by atoms with E-state index >= 15 is 0 Å². The third-order valence-corrected chi connectivity index (χ3v) is 10.4. The van der Waals surface area contributed by atoms with Crippen LogP contribution >= 0.6 is 6.89 Å². The van der Waals surface area contributed by atoms with Crippen LogP contribution in [0.4, 0.5) is 5.69 Å². The fourth-order valence-corrected chi connectivity index (χ4v) is 8.21. The molecule has 0 spiro atoms. The van der Waals surface area contributed by atoms with Crippen LogP contribution in [0.5, 0.6) is 0 Å². The van der Waals surface area contributed by atoms with Gasteiger partial charge in [-0.2, -0.15) is 0 Å². The van der Waals surface area contributed by atoms with Gasteiger partial charge in [0.05, 0.1) is 4.92 Å². The van der Waals surface area contributed by atoms with E-state index < -0.39 is 11.8 Å². The van der Waals surface area contributed by atoms with E-state index in [1.807, 2.05) is 72.5 Å². The largest absolute Gasteiger partial charge is 0.289 e. The van der Waals surface area contributed by atoms with Gasteiger partial charge in [0.2, 0.25) is 0 Å². The molecular weight excluding hydrogens is 501 g/mol. The Morgan fingerprint density at radius 1 is 0.590 bits per heavy atom. The molecule has 0 atom stereocenters. The molecule has 5 aromatic rings. The molecule has 0 saturated carbocycles. The Hall–Kier alpha value is -4.97. The minimum absolute atomic E-state index is 0.0279. The second kappa shape index (κ2) is 11.6. The van der Waals surface area contributed by atoms with Crippen LogP contribution in [0.15, 0.2) is 140 Å². The maximum atomic E-state index is 13.8. The van der Waals surface area contributed by atoms with Gasteiger partial charge in [0.15, 0.2) is 5.78 Å². The Labute approximate surface area is 227 Å². The quantitative estimate of drug-likeness (QED) is 0.0902. The number of carbonyl (C=O) groups is 1. The van der Waals surface area contributed by atoms with E-state index in [2.05, 4.69) is 48.2 Å². The van der Waals surface area contributed by atoms with Crippen molar-refractivity contribution in [2.75, 3.05) is 0 Å². The molecule has 0 unspecified atom stereocenters. The Morgan fingerprint density at radius 3 is 1.36 bits per heavy atom. The number of rotatable bonds is 6. The molecule has 4 nitrogen and oxygen atoms in total. The van der Waals surface area contributed by atoms with Gasteiger partial charge in [-0.1, -0.05) is 103 Å². The molecule has 0 fully saturated rings. The fourth-order valence-electron chi connectivity index (χ4n) is 4.44. The van der Waals surface area contributed by atoms with Crippen LogP contribution in [-0.4, -0.2) is 16.5 Å². The molecule has 0 aromatic heterocycles. The summed E-state index contributed by atoms with van der Waals surface area (Å²) in [6.07, 6.45) is 0. The Bertz CT molecular complexity index is 1610. The molecule has 0 saturated heterocycles. The molecule has 0 bridgehead atoms. The topological polar surface area (TPSA) is 60.2 Å². The summed E-state index contributed by atoms with van der Waals surface area (Å²) in [5.41, 5.74) is 2.04. The van der Waals surface area contributed by atoms with Gasteiger partial charge in [0.1, 0.15) is 0 Å². The average molecular weight is 526 g/mol. The molecule has 5 rings (SSSR count). The third-order valence-electron chi connectivity index (χ3n) is 6.40. The molecule has 0 amide bonds. The molecule has 0 aliphatic carbocycles. The van der Waals surface area contributed by atoms with E-state index in [1.165, 1.54) is 12.1 Å². The Kier molecular flexibility index (Phi) is 7.64. The summed E-state index contributed by atoms with van der Waals surface area (Å²) in [6.45, 7) is -2.40. The molecule has 0 N–H and O–H groups in total. The van der Waals surface area contributed by atoms with E-state index in [1.54, 1.807) is 24.3 Å². The lowest BCUT2D eigenvalue weighted by molar-refractivity contribution is -0.384. The second-order valence-electron chi connectivity index (χ2n) is 8.85. The molecule has 5 heteroatoms. The van der Waals surface area contributed by atoms with E-state index in [0.29, 0.717) is 11.1 Å². The SMILES string of the molecule is O=C(C=P(c1ccccc1)(c1ccccc1)c1ccccc1)c1ccc(C#Cc2ccc([N+](=O)[O-])cc2)cc1. The van der Waals surface area contributed by atoms with Gasteiger partial charge in [0, 0.05) is 28.8 Å². The van der Waals surface area contributed by atoms with Gasteiger partial charge < -0.3 is 0 Å². The maximum absolute atomic E-state index is 13.8. The molecule has 39 heavy (non-hydrogen) atoms. The van der Waals surface area contributed by atoms with Crippen molar-refractivity contribution < 1.29 is 9.72 Å². The van der Waals surface area contributed by atoms with Crippen LogP contribution in [0.2, 0.25) is 0 Å². The lowest BCUT2D eigenvalue weighted by atomic mass is 10.1. The number of nitrogens with zero attached hydrogens (tertiary/aromatic N) is 1. The van der Waals surface area contributed by atoms with Gasteiger partial charge in [-0.05, 0) is 65.0 Å². The third kappa shape index (κ3) is 5.65. The van der Waals surface area contributed by atoms with Crippen molar-refractivity contribution in [3.05, 3.63) is 166 Å². The first-order valence-electron chi connectivity index (χ1n) is 12.4. The van der Waals surface area contributed by atoms with Crippen molar-refractivity contribution in [1.82, 2.24) is 0 Å². The smallest absolute Gasteiger partial charge is 0.269 e. The van der Waals surface area contributed by atoms with E-state index in [9.17, 15) is 14.9 Å². The standard InChI is InChI=1S/C34H24NO3P/c36-34(29-22-18-27(19-23-29)16-17-28-20-24-30(25-21-28)35(37)38)26-39(31-10-4-1-5-11-31,32-12-6-2-7-13-32)33-14-8-3-9-15-33/h1-15,18-26H. The number of benzene rings is 5. The number of hydrogen-bond acceptors (Lipinski definition) is 3. The monoisotopic (exact) mass is 525 g/mol. The minimum atomic E-state index is -2.40. The summed E-state index contributed by atoms with van der Waals surface area (Å²) >= 11 is 0. The molecule has 0 aliphatic heterocycles. The number of Topliss-reactive ketones (excluding diaryl/α,β-unsaturated/α-hetero) is 1. The lowest BCUT2D eigenvalue weighted by Gasteiger charge is -2.28. The first-order valence-corrected chi connectivity index (χ1v) is 14.2. The van der Waals surface area contributed by atoms with Crippen LogP contribution in [0.3, 0.4) is 0 Å². The number of ketones is 1. The zero-order valence-electron chi connectivity index (χ0n) is 21.0. The highest BCUT2D eigenvalue weighted by Crippen LogP contribution is 2.43. The zero-order valence-corrected chi connectivity index (χ0v) is 21.9. The molecule has 0 aliphatic rings. The van der Waals surface area contributed by atoms with Crippen molar-refractivity contribution in [1.29, 1.82) is 0 Å². The van der Waals surface area contributed by atoms with E-state index in [0.717, 1.165) is 21.5 Å². The summed E-state index contributed by atoms with van der Waals surface area (Å²) in [4.78, 5) is 24.3. The van der Waals surface area contributed by atoms with Gasteiger partial charge >= 0.3 is 0 Å². The Morgan fingerprint density at radius 2 is 0.974 bits per heavy atom. The molecule has 5 aromatic carbocycles. The summed E-state index contributed by atoms with van der Waals surface area (Å²) < 4.78 is 0. The predicted molar refractivity (Wildman–Crippen MR) is 161 cm³/mol. The highest BCUT2D eigenvalue weighted by Gasteiger charge is 2.26. The predicted octanol–water partition coefficient (Wildman–Crippen LogP) is 5.97. The molecule has 0 radical (unpaired) electrons. The summed E-state index contributed by atoms with van der Waals surface area (Å²) in [5.74, 6) is 7.96. The van der Waals surface area contributed by atoms with Crippen molar-refractivity contribution >= 4 is 40.1 Å².